The fraction of sp³-hybridized carbons (Fsp3) is 0.889. The van der Waals surface area contributed by atoms with Crippen molar-refractivity contribution in [2.24, 2.45) is 11.7 Å². The van der Waals surface area contributed by atoms with Crippen LogP contribution in [-0.4, -0.2) is 35.2 Å². The highest BCUT2D eigenvalue weighted by atomic mass is 32.1. The van der Waals surface area contributed by atoms with Gasteiger partial charge in [0.25, 0.3) is 0 Å². The maximum absolute atomic E-state index is 11.7. The minimum atomic E-state index is -0.176. The van der Waals surface area contributed by atoms with Gasteiger partial charge in [-0.2, -0.15) is 12.6 Å². The summed E-state index contributed by atoms with van der Waals surface area (Å²) >= 11 is 4.29. The quantitative estimate of drug-likeness (QED) is 0.641. The smallest absolute Gasteiger partial charge is 0.235 e. The van der Waals surface area contributed by atoms with Gasteiger partial charge in [-0.3, -0.25) is 4.79 Å². The van der Waals surface area contributed by atoms with Crippen LogP contribution < -0.4 is 5.73 Å². The predicted molar refractivity (Wildman–Crippen MR) is 56.8 cm³/mol. The minimum absolute atomic E-state index is 0.131. The molecule has 0 aromatic heterocycles. The molecule has 4 heteroatoms. The molecule has 1 aliphatic rings. The van der Waals surface area contributed by atoms with Gasteiger partial charge in [-0.1, -0.05) is 13.8 Å². The molecule has 76 valence electrons. The maximum Gasteiger partial charge on any atom is 0.235 e. The fourth-order valence-electron chi connectivity index (χ4n) is 1.46. The number of thiol groups is 1. The Bertz CT molecular complexity index is 196. The Hall–Kier alpha value is -0.220. The van der Waals surface area contributed by atoms with Crippen LogP contribution in [0.3, 0.4) is 0 Å². The number of nitrogens with two attached hydrogens (primary N) is 1. The molecule has 0 aromatic carbocycles. The van der Waals surface area contributed by atoms with E-state index in [-0.39, 0.29) is 23.1 Å². The lowest BCUT2D eigenvalue weighted by molar-refractivity contribution is -0.130. The lowest BCUT2D eigenvalue weighted by Gasteiger charge is -2.22. The monoisotopic (exact) mass is 202 g/mol. The summed E-state index contributed by atoms with van der Waals surface area (Å²) in [5.41, 5.74) is 5.72. The van der Waals surface area contributed by atoms with Gasteiger partial charge in [-0.05, 0) is 12.3 Å². The van der Waals surface area contributed by atoms with Crippen LogP contribution in [0.5, 0.6) is 0 Å². The van der Waals surface area contributed by atoms with E-state index < -0.39 is 0 Å². The first-order chi connectivity index (χ1) is 6.02. The average Bonchev–Trinajstić information content (AvgIpc) is 2.49. The van der Waals surface area contributed by atoms with Gasteiger partial charge < -0.3 is 10.6 Å². The summed E-state index contributed by atoms with van der Waals surface area (Å²) in [5, 5.41) is -0.176. The normalized spacial score (nSPS) is 25.3. The molecule has 0 aliphatic carbocycles. The molecule has 1 rings (SSSR count). The zero-order valence-electron chi connectivity index (χ0n) is 8.23. The Kier molecular flexibility index (Phi) is 3.62. The Morgan fingerprint density at radius 2 is 2.23 bits per heavy atom. The number of hydrogen-bond donors (Lipinski definition) is 2. The van der Waals surface area contributed by atoms with Crippen molar-refractivity contribution in [1.82, 2.24) is 4.90 Å². The van der Waals surface area contributed by atoms with Crippen LogP contribution in [0.25, 0.3) is 0 Å². The van der Waals surface area contributed by atoms with Crippen LogP contribution in [0, 0.1) is 5.92 Å². The molecule has 0 radical (unpaired) electrons. The van der Waals surface area contributed by atoms with Crippen molar-refractivity contribution >= 4 is 18.5 Å². The summed E-state index contributed by atoms with van der Waals surface area (Å²) in [6.45, 7) is 5.50. The number of rotatable bonds is 2. The second kappa shape index (κ2) is 4.33. The van der Waals surface area contributed by atoms with Gasteiger partial charge in [0.1, 0.15) is 0 Å². The number of amides is 1. The molecule has 2 unspecified atom stereocenters. The number of carbonyl (C=O) groups excluding carboxylic acids is 1. The summed E-state index contributed by atoms with van der Waals surface area (Å²) in [5.74, 6) is 0.416. The molecule has 13 heavy (non-hydrogen) atoms. The average molecular weight is 202 g/mol. The molecule has 1 heterocycles. The van der Waals surface area contributed by atoms with E-state index in [4.69, 9.17) is 5.73 Å². The van der Waals surface area contributed by atoms with E-state index >= 15 is 0 Å². The fourth-order valence-corrected chi connectivity index (χ4v) is 1.62. The van der Waals surface area contributed by atoms with Crippen LogP contribution in [0.15, 0.2) is 0 Å². The molecule has 1 saturated heterocycles. The second-order valence-electron chi connectivity index (χ2n) is 4.02. The molecule has 0 spiro atoms. The molecular formula is C9H18N2OS. The first-order valence-corrected chi connectivity index (χ1v) is 5.26. The maximum atomic E-state index is 11.7. The van der Waals surface area contributed by atoms with E-state index in [9.17, 15) is 4.79 Å². The van der Waals surface area contributed by atoms with Gasteiger partial charge in [0, 0.05) is 19.1 Å². The van der Waals surface area contributed by atoms with Crippen molar-refractivity contribution in [3.8, 4) is 0 Å². The molecule has 0 aromatic rings. The third kappa shape index (κ3) is 2.61. The molecule has 1 fully saturated rings. The highest BCUT2D eigenvalue weighted by molar-refractivity contribution is 7.81. The van der Waals surface area contributed by atoms with Crippen LogP contribution >= 0.6 is 12.6 Å². The molecule has 0 saturated carbocycles. The van der Waals surface area contributed by atoms with E-state index in [1.807, 2.05) is 18.7 Å². The van der Waals surface area contributed by atoms with Crippen molar-refractivity contribution in [2.45, 2.75) is 31.6 Å². The largest absolute Gasteiger partial charge is 0.340 e. The number of hydrogen-bond acceptors (Lipinski definition) is 3. The third-order valence-corrected chi connectivity index (χ3v) is 3.24. The van der Waals surface area contributed by atoms with Gasteiger partial charge in [0.15, 0.2) is 0 Å². The number of likely N-dealkylation sites (tertiary alicyclic amines) is 1. The topological polar surface area (TPSA) is 46.3 Å². The van der Waals surface area contributed by atoms with Crippen LogP contribution in [-0.2, 0) is 4.79 Å². The van der Waals surface area contributed by atoms with E-state index in [0.29, 0.717) is 6.54 Å². The predicted octanol–water partition coefficient (Wildman–Crippen LogP) is 0.500. The third-order valence-electron chi connectivity index (χ3n) is 2.42. The minimum Gasteiger partial charge on any atom is -0.340 e. The van der Waals surface area contributed by atoms with E-state index in [2.05, 4.69) is 12.6 Å². The van der Waals surface area contributed by atoms with Gasteiger partial charge in [0.05, 0.1) is 5.25 Å². The zero-order chi connectivity index (χ0) is 10.0. The Labute approximate surface area is 85.1 Å². The van der Waals surface area contributed by atoms with E-state index in [1.54, 1.807) is 0 Å². The van der Waals surface area contributed by atoms with Crippen LogP contribution in [0.4, 0.5) is 0 Å². The Morgan fingerprint density at radius 1 is 1.62 bits per heavy atom. The van der Waals surface area contributed by atoms with Crippen molar-refractivity contribution in [3.63, 3.8) is 0 Å². The number of nitrogens with zero attached hydrogens (tertiary/aromatic N) is 1. The van der Waals surface area contributed by atoms with Crippen LogP contribution in [0.2, 0.25) is 0 Å². The zero-order valence-corrected chi connectivity index (χ0v) is 9.13. The van der Waals surface area contributed by atoms with Gasteiger partial charge >= 0.3 is 0 Å². The molecule has 0 bridgehead atoms. The highest BCUT2D eigenvalue weighted by Crippen LogP contribution is 2.16. The lowest BCUT2D eigenvalue weighted by atomic mass is 10.1. The second-order valence-corrected chi connectivity index (χ2v) is 4.58. The number of carbonyl (C=O) groups is 1. The summed E-state index contributed by atoms with van der Waals surface area (Å²) in [4.78, 5) is 13.5. The summed E-state index contributed by atoms with van der Waals surface area (Å²) in [7, 11) is 0. The molecule has 3 nitrogen and oxygen atoms in total. The summed E-state index contributed by atoms with van der Waals surface area (Å²) in [6, 6.07) is 0.164. The van der Waals surface area contributed by atoms with Crippen molar-refractivity contribution in [1.29, 1.82) is 0 Å². The lowest BCUT2D eigenvalue weighted by Crippen LogP contribution is -2.38. The Morgan fingerprint density at radius 3 is 2.62 bits per heavy atom. The molecule has 1 aliphatic heterocycles. The first kappa shape index (κ1) is 10.9. The van der Waals surface area contributed by atoms with Gasteiger partial charge in [-0.15, -0.1) is 0 Å². The SMILES string of the molecule is CC(C)C(S)C(=O)N1CCC(N)C1. The Balaban J connectivity index is 2.48. The van der Waals surface area contributed by atoms with Crippen molar-refractivity contribution in [3.05, 3.63) is 0 Å². The standard InChI is InChI=1S/C9H18N2OS/c1-6(2)8(13)9(12)11-4-3-7(10)5-11/h6-8,13H,3-5,10H2,1-2H3. The molecule has 1 amide bonds. The van der Waals surface area contributed by atoms with Gasteiger partial charge in [-0.25, -0.2) is 0 Å². The van der Waals surface area contributed by atoms with Gasteiger partial charge in [0.2, 0.25) is 5.91 Å². The van der Waals surface area contributed by atoms with E-state index in [1.165, 1.54) is 0 Å². The first-order valence-electron chi connectivity index (χ1n) is 4.74. The summed E-state index contributed by atoms with van der Waals surface area (Å²) in [6.07, 6.45) is 0.921. The van der Waals surface area contributed by atoms with Crippen LogP contribution in [0.1, 0.15) is 20.3 Å². The molecular weight excluding hydrogens is 184 g/mol. The highest BCUT2D eigenvalue weighted by Gasteiger charge is 2.28. The molecule has 2 atom stereocenters. The summed E-state index contributed by atoms with van der Waals surface area (Å²) < 4.78 is 0. The van der Waals surface area contributed by atoms with Crippen molar-refractivity contribution < 1.29 is 4.79 Å². The van der Waals surface area contributed by atoms with Crippen molar-refractivity contribution in [2.75, 3.05) is 13.1 Å². The molecule has 2 N–H and O–H groups in total. The van der Waals surface area contributed by atoms with E-state index in [0.717, 1.165) is 13.0 Å².